The average molecular weight is 372 g/mol. The molecule has 5 nitrogen and oxygen atoms in total. The highest BCUT2D eigenvalue weighted by Gasteiger charge is 2.22. The molecule has 2 fully saturated rings. The van der Waals surface area contributed by atoms with Gasteiger partial charge in [-0.05, 0) is 24.8 Å². The first-order valence-corrected chi connectivity index (χ1v) is 8.76. The Bertz CT molecular complexity index is 589. The molecule has 0 bridgehead atoms. The Kier molecular flexibility index (Phi) is 8.09. The quantitative estimate of drug-likeness (QED) is 0.740. The van der Waals surface area contributed by atoms with Gasteiger partial charge in [0.2, 0.25) is 0 Å². The van der Waals surface area contributed by atoms with E-state index in [4.69, 9.17) is 0 Å². The van der Waals surface area contributed by atoms with Crippen molar-refractivity contribution in [3.05, 3.63) is 34.7 Å². The summed E-state index contributed by atoms with van der Waals surface area (Å²) < 4.78 is 0. The van der Waals surface area contributed by atoms with Crippen molar-refractivity contribution in [3.63, 3.8) is 0 Å². The molecule has 0 saturated carbocycles. The Morgan fingerprint density at radius 2 is 1.71 bits per heavy atom. The number of amides is 1. The monoisotopic (exact) mass is 371 g/mol. The Morgan fingerprint density at radius 1 is 1.04 bits per heavy atom. The zero-order chi connectivity index (χ0) is 15.5. The molecule has 0 spiro atoms. The molecule has 1 aromatic carbocycles. The maximum Gasteiger partial charge on any atom is 0.260 e. The minimum Gasteiger partial charge on any atom is -0.412 e. The SMILES string of the molecule is CN1CCN(c2ccccc2/C=C2\SCCN(C)C2=O)CC1.Cl.O. The van der Waals surface area contributed by atoms with Crippen LogP contribution in [0.1, 0.15) is 5.56 Å². The first-order valence-electron chi connectivity index (χ1n) is 7.77. The van der Waals surface area contributed by atoms with Crippen molar-refractivity contribution in [2.24, 2.45) is 0 Å². The Hall–Kier alpha value is -1.21. The normalized spacial score (nSPS) is 20.6. The van der Waals surface area contributed by atoms with Gasteiger partial charge < -0.3 is 20.2 Å². The summed E-state index contributed by atoms with van der Waals surface area (Å²) >= 11 is 1.67. The van der Waals surface area contributed by atoms with Gasteiger partial charge in [0.05, 0.1) is 4.91 Å². The molecule has 2 heterocycles. The summed E-state index contributed by atoms with van der Waals surface area (Å²) in [5.41, 5.74) is 2.39. The number of rotatable bonds is 2. The zero-order valence-electron chi connectivity index (χ0n) is 14.2. The van der Waals surface area contributed by atoms with Gasteiger partial charge in [0.1, 0.15) is 0 Å². The van der Waals surface area contributed by atoms with E-state index in [2.05, 4.69) is 41.1 Å². The van der Waals surface area contributed by atoms with Gasteiger partial charge in [0.25, 0.3) is 5.91 Å². The molecule has 0 aromatic heterocycles. The number of halogens is 1. The predicted molar refractivity (Wildman–Crippen MR) is 105 cm³/mol. The number of benzene rings is 1. The van der Waals surface area contributed by atoms with Crippen molar-refractivity contribution in [2.45, 2.75) is 0 Å². The van der Waals surface area contributed by atoms with Crippen LogP contribution in [0.4, 0.5) is 5.69 Å². The van der Waals surface area contributed by atoms with Crippen molar-refractivity contribution < 1.29 is 10.3 Å². The van der Waals surface area contributed by atoms with Crippen LogP contribution in [0.2, 0.25) is 0 Å². The third kappa shape index (κ3) is 4.66. The Balaban J connectivity index is 0.00000144. The van der Waals surface area contributed by atoms with Crippen LogP contribution in [0.25, 0.3) is 6.08 Å². The molecule has 1 amide bonds. The minimum absolute atomic E-state index is 0. The summed E-state index contributed by atoms with van der Waals surface area (Å²) in [5.74, 6) is 1.12. The van der Waals surface area contributed by atoms with Gasteiger partial charge >= 0.3 is 0 Å². The van der Waals surface area contributed by atoms with Crippen LogP contribution in [0.3, 0.4) is 0 Å². The van der Waals surface area contributed by atoms with Gasteiger partial charge in [-0.1, -0.05) is 18.2 Å². The van der Waals surface area contributed by atoms with Crippen molar-refractivity contribution in [1.82, 2.24) is 9.80 Å². The molecule has 3 rings (SSSR count). The second-order valence-electron chi connectivity index (χ2n) is 5.93. The van der Waals surface area contributed by atoms with E-state index in [0.717, 1.165) is 48.9 Å². The number of hydrogen-bond acceptors (Lipinski definition) is 4. The number of piperazine rings is 1. The molecule has 134 valence electrons. The first kappa shape index (κ1) is 20.8. The summed E-state index contributed by atoms with van der Waals surface area (Å²) in [6.45, 7) is 5.08. The van der Waals surface area contributed by atoms with E-state index >= 15 is 0 Å². The summed E-state index contributed by atoms with van der Waals surface area (Å²) in [5, 5.41) is 0. The minimum atomic E-state index is 0. The van der Waals surface area contributed by atoms with Crippen molar-refractivity contribution in [2.75, 3.05) is 57.5 Å². The summed E-state index contributed by atoms with van der Waals surface area (Å²) in [7, 11) is 4.04. The fourth-order valence-electron chi connectivity index (χ4n) is 2.83. The van der Waals surface area contributed by atoms with Crippen molar-refractivity contribution in [1.29, 1.82) is 0 Å². The highest BCUT2D eigenvalue weighted by atomic mass is 35.5. The Labute approximate surface area is 154 Å². The Morgan fingerprint density at radius 3 is 2.42 bits per heavy atom. The number of anilines is 1. The molecule has 0 atom stereocenters. The third-order valence-electron chi connectivity index (χ3n) is 4.31. The van der Waals surface area contributed by atoms with E-state index in [0.29, 0.717) is 0 Å². The summed E-state index contributed by atoms with van der Waals surface area (Å²) in [6.07, 6.45) is 2.07. The molecule has 0 aliphatic carbocycles. The highest BCUT2D eigenvalue weighted by molar-refractivity contribution is 8.04. The molecule has 24 heavy (non-hydrogen) atoms. The fraction of sp³-hybridized carbons (Fsp3) is 0.471. The number of carbonyl (C=O) groups excluding carboxylic acids is 1. The molecule has 2 saturated heterocycles. The number of thioether (sulfide) groups is 1. The maximum absolute atomic E-state index is 12.3. The van der Waals surface area contributed by atoms with Crippen LogP contribution in [0, 0.1) is 0 Å². The van der Waals surface area contributed by atoms with Gasteiger partial charge in [0, 0.05) is 51.2 Å². The topological polar surface area (TPSA) is 58.3 Å². The van der Waals surface area contributed by atoms with Gasteiger partial charge in [-0.2, -0.15) is 0 Å². The molecule has 7 heteroatoms. The van der Waals surface area contributed by atoms with Crippen molar-refractivity contribution in [3.8, 4) is 0 Å². The van der Waals surface area contributed by atoms with Crippen LogP contribution in [0.15, 0.2) is 29.2 Å². The van der Waals surface area contributed by atoms with Crippen LogP contribution in [-0.2, 0) is 4.79 Å². The summed E-state index contributed by atoms with van der Waals surface area (Å²) in [4.78, 5) is 19.7. The molecule has 0 radical (unpaired) electrons. The van der Waals surface area contributed by atoms with Crippen LogP contribution < -0.4 is 4.90 Å². The molecule has 1 aromatic rings. The van der Waals surface area contributed by atoms with Gasteiger partial charge in [-0.25, -0.2) is 0 Å². The number of nitrogens with zero attached hydrogens (tertiary/aromatic N) is 3. The molecule has 2 aliphatic rings. The van der Waals surface area contributed by atoms with E-state index in [9.17, 15) is 4.79 Å². The zero-order valence-corrected chi connectivity index (χ0v) is 15.8. The lowest BCUT2D eigenvalue weighted by Crippen LogP contribution is -2.44. The molecule has 2 aliphatic heterocycles. The van der Waals surface area contributed by atoms with E-state index in [-0.39, 0.29) is 23.8 Å². The number of para-hydroxylation sites is 1. The summed E-state index contributed by atoms with van der Waals surface area (Å²) in [6, 6.07) is 8.41. The van der Waals surface area contributed by atoms with Gasteiger partial charge in [-0.15, -0.1) is 24.2 Å². The van der Waals surface area contributed by atoms with E-state index < -0.39 is 0 Å². The number of carbonyl (C=O) groups is 1. The lowest BCUT2D eigenvalue weighted by atomic mass is 10.1. The van der Waals surface area contributed by atoms with Crippen LogP contribution in [0.5, 0.6) is 0 Å². The molecule has 2 N–H and O–H groups in total. The predicted octanol–water partition coefficient (Wildman–Crippen LogP) is 1.58. The van der Waals surface area contributed by atoms with E-state index in [1.54, 1.807) is 16.7 Å². The second kappa shape index (κ2) is 9.32. The van der Waals surface area contributed by atoms with E-state index in [1.807, 2.05) is 13.1 Å². The van der Waals surface area contributed by atoms with Crippen LogP contribution in [-0.4, -0.2) is 73.8 Å². The van der Waals surface area contributed by atoms with E-state index in [1.165, 1.54) is 5.69 Å². The molecular formula is C17H26ClN3O2S. The number of hydrogen-bond donors (Lipinski definition) is 0. The van der Waals surface area contributed by atoms with Gasteiger partial charge in [-0.3, -0.25) is 4.79 Å². The fourth-order valence-corrected chi connectivity index (χ4v) is 3.91. The standard InChI is InChI=1S/C17H23N3OS.ClH.H2O/c1-18-7-9-20(10-8-18)15-6-4-3-5-14(15)13-16-17(21)19(2)11-12-22-16;;/h3-6,13H,7-12H2,1-2H3;1H;1H2/b16-13-;;. The lowest BCUT2D eigenvalue weighted by molar-refractivity contribution is -0.125. The third-order valence-corrected chi connectivity index (χ3v) is 5.30. The van der Waals surface area contributed by atoms with Crippen LogP contribution >= 0.6 is 24.2 Å². The largest absolute Gasteiger partial charge is 0.412 e. The highest BCUT2D eigenvalue weighted by Crippen LogP contribution is 2.29. The maximum atomic E-state index is 12.3. The van der Waals surface area contributed by atoms with Gasteiger partial charge in [0.15, 0.2) is 0 Å². The molecular weight excluding hydrogens is 346 g/mol. The first-order chi connectivity index (χ1) is 10.6. The molecule has 0 unspecified atom stereocenters. The second-order valence-corrected chi connectivity index (χ2v) is 7.07. The average Bonchev–Trinajstić information content (AvgIpc) is 2.53. The van der Waals surface area contributed by atoms with Crippen molar-refractivity contribution >= 4 is 41.8 Å². The smallest absolute Gasteiger partial charge is 0.260 e. The number of likely N-dealkylation sites (N-methyl/N-ethyl adjacent to an activating group) is 2. The lowest BCUT2D eigenvalue weighted by Gasteiger charge is -2.35.